The molecule has 2 nitrogen and oxygen atoms in total. The van der Waals surface area contributed by atoms with Gasteiger partial charge in [0.1, 0.15) is 0 Å². The Balaban J connectivity index is 1.19. The van der Waals surface area contributed by atoms with Gasteiger partial charge in [-0.15, -0.1) is 11.6 Å². The van der Waals surface area contributed by atoms with Crippen molar-refractivity contribution in [2.75, 3.05) is 37.7 Å². The fourth-order valence-electron chi connectivity index (χ4n) is 6.68. The Labute approximate surface area is 201 Å². The first-order valence-corrected chi connectivity index (χ1v) is 15.0. The highest BCUT2D eigenvalue weighted by Gasteiger charge is 2.31. The minimum atomic E-state index is 0.459. The van der Waals surface area contributed by atoms with Crippen molar-refractivity contribution in [3.05, 3.63) is 12.2 Å². The molecular weight excluding hydrogens is 420 g/mol. The minimum absolute atomic E-state index is 0.459. The van der Waals surface area contributed by atoms with E-state index in [1.54, 1.807) is 0 Å². The minimum Gasteiger partial charge on any atom is -0.312 e. The molecule has 0 spiro atoms. The predicted molar refractivity (Wildman–Crippen MR) is 138 cm³/mol. The van der Waals surface area contributed by atoms with Gasteiger partial charge < -0.3 is 10.2 Å². The van der Waals surface area contributed by atoms with Gasteiger partial charge in [-0.05, 0) is 124 Å². The third-order valence-corrected chi connectivity index (χ3v) is 10.6. The molecule has 31 heavy (non-hydrogen) atoms. The van der Waals surface area contributed by atoms with Crippen LogP contribution in [0.2, 0.25) is 0 Å². The van der Waals surface area contributed by atoms with Crippen molar-refractivity contribution in [2.45, 2.75) is 83.1 Å². The van der Waals surface area contributed by atoms with Gasteiger partial charge in [-0.25, -0.2) is 0 Å². The number of halogens is 1. The van der Waals surface area contributed by atoms with Crippen LogP contribution < -0.4 is 5.32 Å². The molecule has 3 fully saturated rings. The number of alkyl halides is 1. The second-order valence-electron chi connectivity index (χ2n) is 11.5. The van der Waals surface area contributed by atoms with Crippen LogP contribution in [0.5, 0.6) is 0 Å². The number of nitrogens with one attached hydrogen (secondary N) is 1. The molecule has 1 N–H and O–H groups in total. The SMILES string of the molecule is CC(C)[C@H](CN1CCC(C2CCC(Cl)CC2)CC1)NCC1CC=CC(C2CCSC2)C1. The summed E-state index contributed by atoms with van der Waals surface area (Å²) in [5, 5.41) is 4.49. The Morgan fingerprint density at radius 3 is 2.42 bits per heavy atom. The lowest BCUT2D eigenvalue weighted by Crippen LogP contribution is -2.48. The zero-order chi connectivity index (χ0) is 21.6. The fraction of sp³-hybridized carbons (Fsp3) is 0.926. The van der Waals surface area contributed by atoms with E-state index in [9.17, 15) is 0 Å². The predicted octanol–water partition coefficient (Wildman–Crippen LogP) is 6.45. The highest BCUT2D eigenvalue weighted by Crippen LogP contribution is 2.38. The Morgan fingerprint density at radius 2 is 1.74 bits per heavy atom. The maximum atomic E-state index is 6.34. The van der Waals surface area contributed by atoms with Gasteiger partial charge in [0.25, 0.3) is 0 Å². The zero-order valence-corrected chi connectivity index (χ0v) is 21.7. The second-order valence-corrected chi connectivity index (χ2v) is 13.2. The molecule has 1 saturated carbocycles. The average Bonchev–Trinajstić information content (AvgIpc) is 3.33. The van der Waals surface area contributed by atoms with Gasteiger partial charge in [-0.1, -0.05) is 26.0 Å². The van der Waals surface area contributed by atoms with Crippen LogP contribution in [0, 0.1) is 35.5 Å². The molecule has 4 aliphatic rings. The molecule has 0 aromatic heterocycles. The van der Waals surface area contributed by atoms with Gasteiger partial charge in [0.15, 0.2) is 0 Å². The highest BCUT2D eigenvalue weighted by atomic mass is 35.5. The molecular formula is C27H47ClN2S. The number of likely N-dealkylation sites (tertiary alicyclic amines) is 1. The molecule has 178 valence electrons. The molecule has 4 rings (SSSR count). The first-order valence-electron chi connectivity index (χ1n) is 13.4. The Hall–Kier alpha value is 0.300. The molecule has 2 aliphatic heterocycles. The highest BCUT2D eigenvalue weighted by molar-refractivity contribution is 7.99. The summed E-state index contributed by atoms with van der Waals surface area (Å²) in [6.45, 7) is 9.89. The van der Waals surface area contributed by atoms with Crippen LogP contribution in [0.3, 0.4) is 0 Å². The summed E-state index contributed by atoms with van der Waals surface area (Å²) in [5.74, 6) is 8.05. The summed E-state index contributed by atoms with van der Waals surface area (Å²) in [4.78, 5) is 2.76. The van der Waals surface area contributed by atoms with Crippen LogP contribution in [0.1, 0.15) is 71.6 Å². The number of thioether (sulfide) groups is 1. The first-order chi connectivity index (χ1) is 15.1. The second kappa shape index (κ2) is 12.1. The van der Waals surface area contributed by atoms with Crippen molar-refractivity contribution < 1.29 is 0 Å². The van der Waals surface area contributed by atoms with E-state index in [0.29, 0.717) is 17.3 Å². The van der Waals surface area contributed by atoms with Crippen molar-refractivity contribution in [3.63, 3.8) is 0 Å². The van der Waals surface area contributed by atoms with Gasteiger partial charge >= 0.3 is 0 Å². The third-order valence-electron chi connectivity index (χ3n) is 8.96. The average molecular weight is 467 g/mol. The summed E-state index contributed by atoms with van der Waals surface area (Å²) in [6.07, 6.45) is 17.3. The molecule has 2 heterocycles. The van der Waals surface area contributed by atoms with E-state index >= 15 is 0 Å². The normalized spacial score (nSPS) is 36.8. The van der Waals surface area contributed by atoms with Gasteiger partial charge in [0, 0.05) is 18.0 Å². The number of hydrogen-bond acceptors (Lipinski definition) is 3. The molecule has 3 unspecified atom stereocenters. The smallest absolute Gasteiger partial charge is 0.0336 e. The molecule has 0 bridgehead atoms. The van der Waals surface area contributed by atoms with Crippen LogP contribution in [-0.2, 0) is 0 Å². The summed E-state index contributed by atoms with van der Waals surface area (Å²) < 4.78 is 0. The number of allylic oxidation sites excluding steroid dienone is 2. The van der Waals surface area contributed by atoms with Gasteiger partial charge in [0.05, 0.1) is 0 Å². The van der Waals surface area contributed by atoms with Crippen LogP contribution in [0.4, 0.5) is 0 Å². The van der Waals surface area contributed by atoms with Crippen molar-refractivity contribution in [3.8, 4) is 0 Å². The third kappa shape index (κ3) is 7.14. The fourth-order valence-corrected chi connectivity index (χ4v) is 8.28. The van der Waals surface area contributed by atoms with Crippen molar-refractivity contribution in [1.29, 1.82) is 0 Å². The molecule has 2 saturated heterocycles. The monoisotopic (exact) mass is 466 g/mol. The van der Waals surface area contributed by atoms with Crippen LogP contribution in [0.25, 0.3) is 0 Å². The van der Waals surface area contributed by atoms with Gasteiger partial charge in [-0.3, -0.25) is 0 Å². The largest absolute Gasteiger partial charge is 0.312 e. The Kier molecular flexibility index (Phi) is 9.56. The zero-order valence-electron chi connectivity index (χ0n) is 20.1. The number of nitrogens with zero attached hydrogens (tertiary/aromatic N) is 1. The lowest BCUT2D eigenvalue weighted by atomic mass is 9.75. The maximum absolute atomic E-state index is 6.34. The molecule has 0 aromatic carbocycles. The van der Waals surface area contributed by atoms with Gasteiger partial charge in [-0.2, -0.15) is 11.8 Å². The van der Waals surface area contributed by atoms with Crippen molar-refractivity contribution in [2.24, 2.45) is 35.5 Å². The molecule has 0 aromatic rings. The maximum Gasteiger partial charge on any atom is 0.0336 e. The van der Waals surface area contributed by atoms with E-state index in [1.165, 1.54) is 95.5 Å². The Bertz CT molecular complexity index is 545. The molecule has 2 aliphatic carbocycles. The van der Waals surface area contributed by atoms with E-state index in [1.807, 2.05) is 0 Å². The lowest BCUT2D eigenvalue weighted by molar-refractivity contribution is 0.112. The van der Waals surface area contributed by atoms with E-state index in [0.717, 1.165) is 29.6 Å². The van der Waals surface area contributed by atoms with E-state index in [2.05, 4.69) is 48.0 Å². The summed E-state index contributed by atoms with van der Waals surface area (Å²) >= 11 is 8.50. The van der Waals surface area contributed by atoms with Crippen LogP contribution in [-0.4, -0.2) is 54.0 Å². The first kappa shape index (κ1) is 24.4. The van der Waals surface area contributed by atoms with Gasteiger partial charge in [0.2, 0.25) is 0 Å². The number of rotatable bonds is 8. The number of piperidine rings is 1. The standard InChI is InChI=1S/C27H47ClN2S/c1-20(2)27(29-17-21-4-3-5-24(16-21)25-12-15-31-19-25)18-30-13-10-23(11-14-30)22-6-8-26(28)9-7-22/h3,5,20-27,29H,4,6-19H2,1-2H3/t21?,22?,24?,25?,26?,27-/m0/s1. The van der Waals surface area contributed by atoms with Crippen molar-refractivity contribution in [1.82, 2.24) is 10.2 Å². The molecule has 4 heteroatoms. The summed E-state index contributed by atoms with van der Waals surface area (Å²) in [7, 11) is 0. The lowest BCUT2D eigenvalue weighted by Gasteiger charge is -2.40. The van der Waals surface area contributed by atoms with Crippen LogP contribution >= 0.6 is 23.4 Å². The summed E-state index contributed by atoms with van der Waals surface area (Å²) in [6, 6.07) is 0.634. The van der Waals surface area contributed by atoms with E-state index in [-0.39, 0.29) is 0 Å². The molecule has 0 amide bonds. The van der Waals surface area contributed by atoms with E-state index in [4.69, 9.17) is 11.6 Å². The Morgan fingerprint density at radius 1 is 1.00 bits per heavy atom. The quantitative estimate of drug-likeness (QED) is 0.327. The topological polar surface area (TPSA) is 15.3 Å². The molecule has 0 radical (unpaired) electrons. The van der Waals surface area contributed by atoms with Crippen molar-refractivity contribution >= 4 is 23.4 Å². The van der Waals surface area contributed by atoms with E-state index < -0.39 is 0 Å². The summed E-state index contributed by atoms with van der Waals surface area (Å²) in [5.41, 5.74) is 0. The van der Waals surface area contributed by atoms with Crippen LogP contribution in [0.15, 0.2) is 12.2 Å². The molecule has 4 atom stereocenters. The number of hydrogen-bond donors (Lipinski definition) is 1.